The molecule has 0 radical (unpaired) electrons. The van der Waals surface area contributed by atoms with Gasteiger partial charge < -0.3 is 5.32 Å². The normalized spacial score (nSPS) is 13.0. The molecule has 78 valence electrons. The highest BCUT2D eigenvalue weighted by molar-refractivity contribution is 9.10. The quantitative estimate of drug-likeness (QED) is 0.894. The molecule has 2 nitrogen and oxygen atoms in total. The molecular formula is C11H17BrN2. The summed E-state index contributed by atoms with van der Waals surface area (Å²) in [6.45, 7) is 8.64. The lowest BCUT2D eigenvalue weighted by molar-refractivity contribution is 0.558. The predicted molar refractivity (Wildman–Crippen MR) is 64.6 cm³/mol. The van der Waals surface area contributed by atoms with Gasteiger partial charge in [0.1, 0.15) is 5.82 Å². The SMILES string of the molecule is Cc1cc(Br)cnc1NC(C)C(C)C. The van der Waals surface area contributed by atoms with Crippen LogP contribution < -0.4 is 5.32 Å². The lowest BCUT2D eigenvalue weighted by Crippen LogP contribution is -2.22. The van der Waals surface area contributed by atoms with Gasteiger partial charge in [-0.15, -0.1) is 0 Å². The van der Waals surface area contributed by atoms with Crippen LogP contribution in [0.25, 0.3) is 0 Å². The minimum Gasteiger partial charge on any atom is -0.367 e. The summed E-state index contributed by atoms with van der Waals surface area (Å²) in [6, 6.07) is 2.52. The maximum absolute atomic E-state index is 4.34. The molecule has 1 aromatic rings. The fourth-order valence-electron chi connectivity index (χ4n) is 1.07. The standard InChI is InChI=1S/C11H17BrN2/c1-7(2)9(4)14-11-8(3)5-10(12)6-13-11/h5-7,9H,1-4H3,(H,13,14). The number of pyridine rings is 1. The second-order valence-corrected chi connectivity index (χ2v) is 4.91. The van der Waals surface area contributed by atoms with Crippen molar-refractivity contribution in [3.63, 3.8) is 0 Å². The van der Waals surface area contributed by atoms with Crippen LogP contribution in [0.15, 0.2) is 16.7 Å². The molecule has 3 heteroatoms. The van der Waals surface area contributed by atoms with Crippen LogP contribution in [0.4, 0.5) is 5.82 Å². The molecule has 1 atom stereocenters. The summed E-state index contributed by atoms with van der Waals surface area (Å²) < 4.78 is 1.03. The van der Waals surface area contributed by atoms with Crippen LogP contribution in [0, 0.1) is 12.8 Å². The van der Waals surface area contributed by atoms with Gasteiger partial charge >= 0.3 is 0 Å². The van der Waals surface area contributed by atoms with Crippen LogP contribution in [0.5, 0.6) is 0 Å². The molecule has 14 heavy (non-hydrogen) atoms. The maximum Gasteiger partial charge on any atom is 0.129 e. The highest BCUT2D eigenvalue weighted by Crippen LogP contribution is 2.18. The van der Waals surface area contributed by atoms with Crippen molar-refractivity contribution in [1.29, 1.82) is 0 Å². The minimum atomic E-state index is 0.447. The number of aryl methyl sites for hydroxylation is 1. The number of nitrogens with one attached hydrogen (secondary N) is 1. The summed E-state index contributed by atoms with van der Waals surface area (Å²) in [5.41, 5.74) is 1.17. The molecule has 0 fully saturated rings. The number of rotatable bonds is 3. The number of anilines is 1. The zero-order valence-corrected chi connectivity index (χ0v) is 10.7. The van der Waals surface area contributed by atoms with Crippen molar-refractivity contribution in [3.05, 3.63) is 22.3 Å². The second-order valence-electron chi connectivity index (χ2n) is 4.00. The number of aromatic nitrogens is 1. The molecular weight excluding hydrogens is 240 g/mol. The topological polar surface area (TPSA) is 24.9 Å². The molecule has 0 saturated carbocycles. The third-order valence-electron chi connectivity index (χ3n) is 2.41. The molecule has 0 bridgehead atoms. The Morgan fingerprint density at radius 3 is 2.50 bits per heavy atom. The van der Waals surface area contributed by atoms with E-state index >= 15 is 0 Å². The van der Waals surface area contributed by atoms with Crippen molar-refractivity contribution < 1.29 is 0 Å². The first-order chi connectivity index (χ1) is 6.50. The molecule has 0 aromatic carbocycles. The summed E-state index contributed by atoms with van der Waals surface area (Å²) >= 11 is 3.40. The van der Waals surface area contributed by atoms with Crippen LogP contribution >= 0.6 is 15.9 Å². The van der Waals surface area contributed by atoms with Crippen molar-refractivity contribution in [1.82, 2.24) is 4.98 Å². The van der Waals surface area contributed by atoms with Crippen LogP contribution in [0.3, 0.4) is 0 Å². The molecule has 1 heterocycles. The van der Waals surface area contributed by atoms with E-state index < -0.39 is 0 Å². The molecule has 0 amide bonds. The van der Waals surface area contributed by atoms with E-state index in [-0.39, 0.29) is 0 Å². The predicted octanol–water partition coefficient (Wildman–Crippen LogP) is 3.61. The summed E-state index contributed by atoms with van der Waals surface area (Å²) in [4.78, 5) is 4.34. The van der Waals surface area contributed by atoms with E-state index in [2.05, 4.69) is 60.0 Å². The molecule has 0 aliphatic carbocycles. The largest absolute Gasteiger partial charge is 0.367 e. The van der Waals surface area contributed by atoms with Crippen LogP contribution in [-0.4, -0.2) is 11.0 Å². The van der Waals surface area contributed by atoms with Gasteiger partial charge in [0.25, 0.3) is 0 Å². The number of hydrogen-bond donors (Lipinski definition) is 1. The Balaban J connectivity index is 2.77. The van der Waals surface area contributed by atoms with Crippen molar-refractivity contribution in [3.8, 4) is 0 Å². The molecule has 1 aromatic heterocycles. The Morgan fingerprint density at radius 1 is 1.36 bits per heavy atom. The maximum atomic E-state index is 4.34. The lowest BCUT2D eigenvalue weighted by atomic mass is 10.1. The van der Waals surface area contributed by atoms with E-state index in [0.717, 1.165) is 10.3 Å². The van der Waals surface area contributed by atoms with E-state index in [9.17, 15) is 0 Å². The van der Waals surface area contributed by atoms with Crippen molar-refractivity contribution >= 4 is 21.7 Å². The monoisotopic (exact) mass is 256 g/mol. The zero-order chi connectivity index (χ0) is 10.7. The third kappa shape index (κ3) is 2.98. The van der Waals surface area contributed by atoms with E-state index in [0.29, 0.717) is 12.0 Å². The fourth-order valence-corrected chi connectivity index (χ4v) is 1.52. The van der Waals surface area contributed by atoms with Gasteiger partial charge in [-0.3, -0.25) is 0 Å². The van der Waals surface area contributed by atoms with E-state index in [1.165, 1.54) is 5.56 Å². The first kappa shape index (κ1) is 11.5. The first-order valence-electron chi connectivity index (χ1n) is 4.89. The highest BCUT2D eigenvalue weighted by Gasteiger charge is 2.08. The van der Waals surface area contributed by atoms with Gasteiger partial charge in [-0.2, -0.15) is 0 Å². The van der Waals surface area contributed by atoms with Gasteiger partial charge in [0.15, 0.2) is 0 Å². The second kappa shape index (κ2) is 4.78. The Morgan fingerprint density at radius 2 is 2.00 bits per heavy atom. The Hall–Kier alpha value is -0.570. The molecule has 1 N–H and O–H groups in total. The third-order valence-corrected chi connectivity index (χ3v) is 2.84. The highest BCUT2D eigenvalue weighted by atomic mass is 79.9. The van der Waals surface area contributed by atoms with E-state index in [1.807, 2.05) is 6.20 Å². The number of halogens is 1. The lowest BCUT2D eigenvalue weighted by Gasteiger charge is -2.19. The smallest absolute Gasteiger partial charge is 0.129 e. The van der Waals surface area contributed by atoms with Gasteiger partial charge in [-0.1, -0.05) is 13.8 Å². The molecule has 0 spiro atoms. The van der Waals surface area contributed by atoms with Crippen molar-refractivity contribution in [2.75, 3.05) is 5.32 Å². The van der Waals surface area contributed by atoms with Gasteiger partial charge in [-0.25, -0.2) is 4.98 Å². The summed E-state index contributed by atoms with van der Waals surface area (Å²) in [5, 5.41) is 3.40. The van der Waals surface area contributed by atoms with Gasteiger partial charge in [-0.05, 0) is 47.3 Å². The first-order valence-corrected chi connectivity index (χ1v) is 5.68. The summed E-state index contributed by atoms with van der Waals surface area (Å²) in [7, 11) is 0. The van der Waals surface area contributed by atoms with Gasteiger partial charge in [0, 0.05) is 16.7 Å². The fraction of sp³-hybridized carbons (Fsp3) is 0.545. The Labute approximate surface area is 94.3 Å². The average Bonchev–Trinajstić information content (AvgIpc) is 2.09. The van der Waals surface area contributed by atoms with E-state index in [4.69, 9.17) is 0 Å². The van der Waals surface area contributed by atoms with Crippen LogP contribution in [0.2, 0.25) is 0 Å². The van der Waals surface area contributed by atoms with Gasteiger partial charge in [0.2, 0.25) is 0 Å². The Kier molecular flexibility index (Phi) is 3.93. The summed E-state index contributed by atoms with van der Waals surface area (Å²) in [6.07, 6.45) is 1.82. The molecule has 0 saturated heterocycles. The molecule has 1 unspecified atom stereocenters. The van der Waals surface area contributed by atoms with Crippen LogP contribution in [-0.2, 0) is 0 Å². The zero-order valence-electron chi connectivity index (χ0n) is 9.13. The molecule has 1 rings (SSSR count). The van der Waals surface area contributed by atoms with Crippen molar-refractivity contribution in [2.45, 2.75) is 33.7 Å². The number of nitrogens with zero attached hydrogens (tertiary/aromatic N) is 1. The molecule has 0 aliphatic heterocycles. The van der Waals surface area contributed by atoms with Gasteiger partial charge in [0.05, 0.1) is 0 Å². The molecule has 0 aliphatic rings. The van der Waals surface area contributed by atoms with Crippen LogP contribution in [0.1, 0.15) is 26.3 Å². The average molecular weight is 257 g/mol. The van der Waals surface area contributed by atoms with E-state index in [1.54, 1.807) is 0 Å². The number of hydrogen-bond acceptors (Lipinski definition) is 2. The van der Waals surface area contributed by atoms with Crippen molar-refractivity contribution in [2.24, 2.45) is 5.92 Å². The minimum absolute atomic E-state index is 0.447. The summed E-state index contributed by atoms with van der Waals surface area (Å²) in [5.74, 6) is 1.59. The Bertz CT molecular complexity index is 310.